The number of unbranched alkanes of at least 4 members (excludes halogenated alkanes) is 6. The van der Waals surface area contributed by atoms with Crippen molar-refractivity contribution in [3.8, 4) is 0 Å². The molecule has 0 aromatic heterocycles. The molecule has 0 spiro atoms. The maximum atomic E-state index is 12.2. The third-order valence-electron chi connectivity index (χ3n) is 4.13. The largest absolute Gasteiger partial charge is 0.462 e. The molecule has 0 N–H and O–H groups in total. The first-order valence-electron chi connectivity index (χ1n) is 9.41. The molecule has 0 unspecified atom stereocenters. The number of allylic oxidation sites excluding steroid dienone is 2. The van der Waals surface area contributed by atoms with Crippen molar-refractivity contribution in [2.24, 2.45) is 0 Å². The topological polar surface area (TPSA) is 52.6 Å². The molecule has 24 heavy (non-hydrogen) atoms. The second-order valence-electron chi connectivity index (χ2n) is 6.23. The highest BCUT2D eigenvalue weighted by atomic mass is 16.5. The second-order valence-corrected chi connectivity index (χ2v) is 6.23. The summed E-state index contributed by atoms with van der Waals surface area (Å²) in [4.78, 5) is 24.5. The van der Waals surface area contributed by atoms with Gasteiger partial charge in [-0.15, -0.1) is 0 Å². The van der Waals surface area contributed by atoms with E-state index in [4.69, 9.17) is 9.47 Å². The van der Waals surface area contributed by atoms with E-state index in [1.165, 1.54) is 0 Å². The normalized spacial score (nSPS) is 13.9. The zero-order valence-electron chi connectivity index (χ0n) is 15.3. The minimum atomic E-state index is -0.367. The third-order valence-corrected chi connectivity index (χ3v) is 4.13. The fraction of sp³-hybridized carbons (Fsp3) is 0.700. The highest BCUT2D eigenvalue weighted by Gasteiger charge is 2.23. The van der Waals surface area contributed by atoms with Crippen LogP contribution in [0.2, 0.25) is 0 Å². The van der Waals surface area contributed by atoms with E-state index in [1.807, 2.05) is 12.2 Å². The van der Waals surface area contributed by atoms with E-state index in [2.05, 4.69) is 13.8 Å². The SMILES string of the molecule is CCCCCCOC(=O)C1=C(C(=O)OCCCCCC)CC=CC1. The number of hydrogen-bond acceptors (Lipinski definition) is 4. The summed E-state index contributed by atoms with van der Waals surface area (Å²) in [6, 6.07) is 0. The Labute approximate surface area is 146 Å². The molecular weight excluding hydrogens is 304 g/mol. The van der Waals surface area contributed by atoms with Crippen LogP contribution in [0.1, 0.15) is 78.1 Å². The molecule has 4 nitrogen and oxygen atoms in total. The fourth-order valence-corrected chi connectivity index (χ4v) is 2.62. The first kappa shape index (κ1) is 20.5. The summed E-state index contributed by atoms with van der Waals surface area (Å²) in [7, 11) is 0. The van der Waals surface area contributed by atoms with Gasteiger partial charge in [0.15, 0.2) is 0 Å². The van der Waals surface area contributed by atoms with Gasteiger partial charge in [0.2, 0.25) is 0 Å². The van der Waals surface area contributed by atoms with E-state index >= 15 is 0 Å². The van der Waals surface area contributed by atoms with Gasteiger partial charge in [-0.2, -0.15) is 0 Å². The van der Waals surface area contributed by atoms with Crippen molar-refractivity contribution >= 4 is 11.9 Å². The number of carbonyl (C=O) groups is 2. The summed E-state index contributed by atoms with van der Waals surface area (Å²) >= 11 is 0. The number of ether oxygens (including phenoxy) is 2. The fourth-order valence-electron chi connectivity index (χ4n) is 2.62. The van der Waals surface area contributed by atoms with E-state index in [0.717, 1.165) is 51.4 Å². The quantitative estimate of drug-likeness (QED) is 0.289. The standard InChI is InChI=1S/C20H32O4/c1-3-5-7-11-15-23-19(21)17-13-9-10-14-18(17)20(22)24-16-12-8-6-4-2/h9-10H,3-8,11-16H2,1-2H3. The molecule has 0 bridgehead atoms. The summed E-state index contributed by atoms with van der Waals surface area (Å²) in [5.41, 5.74) is 0.929. The van der Waals surface area contributed by atoms with Crippen LogP contribution in [0, 0.1) is 0 Å². The molecule has 4 heteroatoms. The molecule has 0 heterocycles. The molecule has 136 valence electrons. The van der Waals surface area contributed by atoms with Crippen molar-refractivity contribution in [3.63, 3.8) is 0 Å². The molecule has 0 fully saturated rings. The molecule has 0 saturated heterocycles. The van der Waals surface area contributed by atoms with E-state index in [1.54, 1.807) is 0 Å². The molecule has 0 aromatic rings. The molecule has 0 amide bonds. The Morgan fingerprint density at radius 1 is 0.750 bits per heavy atom. The second kappa shape index (κ2) is 12.8. The molecule has 0 radical (unpaired) electrons. The van der Waals surface area contributed by atoms with Gasteiger partial charge >= 0.3 is 11.9 Å². The number of esters is 2. The van der Waals surface area contributed by atoms with E-state index < -0.39 is 0 Å². The van der Waals surface area contributed by atoms with Gasteiger partial charge in [0, 0.05) is 0 Å². The van der Waals surface area contributed by atoms with Crippen LogP contribution in [-0.2, 0) is 19.1 Å². The minimum absolute atomic E-state index is 0.367. The number of hydrogen-bond donors (Lipinski definition) is 0. The highest BCUT2D eigenvalue weighted by Crippen LogP contribution is 2.22. The molecular formula is C20H32O4. The average Bonchev–Trinajstić information content (AvgIpc) is 2.61. The lowest BCUT2D eigenvalue weighted by atomic mass is 9.97. The Hall–Kier alpha value is -1.58. The zero-order valence-corrected chi connectivity index (χ0v) is 15.3. The molecule has 1 aliphatic carbocycles. The Balaban J connectivity index is 2.47. The first-order valence-corrected chi connectivity index (χ1v) is 9.41. The minimum Gasteiger partial charge on any atom is -0.462 e. The van der Waals surface area contributed by atoms with Crippen LogP contribution < -0.4 is 0 Å². The van der Waals surface area contributed by atoms with Crippen molar-refractivity contribution in [2.75, 3.05) is 13.2 Å². The van der Waals surface area contributed by atoms with Crippen LogP contribution >= 0.6 is 0 Å². The lowest BCUT2D eigenvalue weighted by molar-refractivity contribution is -0.142. The predicted molar refractivity (Wildman–Crippen MR) is 95.6 cm³/mol. The Kier molecular flexibility index (Phi) is 10.9. The number of rotatable bonds is 12. The Bertz CT molecular complexity index is 409. The summed E-state index contributed by atoms with van der Waals surface area (Å²) in [6.45, 7) is 5.13. The third kappa shape index (κ3) is 7.80. The van der Waals surface area contributed by atoms with E-state index in [0.29, 0.717) is 37.2 Å². The van der Waals surface area contributed by atoms with Crippen LogP contribution in [0.3, 0.4) is 0 Å². The molecule has 1 aliphatic rings. The molecule has 1 rings (SSSR count). The predicted octanol–water partition coefficient (Wildman–Crippen LogP) is 4.88. The molecule has 0 saturated carbocycles. The first-order chi connectivity index (χ1) is 11.7. The Morgan fingerprint density at radius 3 is 1.54 bits per heavy atom. The lowest BCUT2D eigenvalue weighted by Crippen LogP contribution is -2.18. The monoisotopic (exact) mass is 336 g/mol. The Morgan fingerprint density at radius 2 is 1.17 bits per heavy atom. The van der Waals surface area contributed by atoms with Crippen LogP contribution in [0.5, 0.6) is 0 Å². The van der Waals surface area contributed by atoms with Crippen molar-refractivity contribution in [1.82, 2.24) is 0 Å². The van der Waals surface area contributed by atoms with Crippen molar-refractivity contribution in [2.45, 2.75) is 78.1 Å². The van der Waals surface area contributed by atoms with Crippen molar-refractivity contribution in [1.29, 1.82) is 0 Å². The summed E-state index contributed by atoms with van der Waals surface area (Å²) < 4.78 is 10.7. The summed E-state index contributed by atoms with van der Waals surface area (Å²) in [6.07, 6.45) is 13.2. The van der Waals surface area contributed by atoms with Gasteiger partial charge in [0.1, 0.15) is 0 Å². The highest BCUT2D eigenvalue weighted by molar-refractivity contribution is 6.01. The van der Waals surface area contributed by atoms with Gasteiger partial charge in [-0.1, -0.05) is 64.5 Å². The molecule has 0 aromatic carbocycles. The van der Waals surface area contributed by atoms with Crippen molar-refractivity contribution < 1.29 is 19.1 Å². The van der Waals surface area contributed by atoms with Crippen LogP contribution in [-0.4, -0.2) is 25.2 Å². The average molecular weight is 336 g/mol. The van der Waals surface area contributed by atoms with Gasteiger partial charge in [-0.3, -0.25) is 0 Å². The van der Waals surface area contributed by atoms with E-state index in [9.17, 15) is 9.59 Å². The molecule has 0 atom stereocenters. The van der Waals surface area contributed by atoms with Gasteiger partial charge < -0.3 is 9.47 Å². The molecule has 0 aliphatic heterocycles. The van der Waals surface area contributed by atoms with Gasteiger partial charge in [0.25, 0.3) is 0 Å². The summed E-state index contributed by atoms with van der Waals surface area (Å²) in [5.74, 6) is -0.734. The van der Waals surface area contributed by atoms with Gasteiger partial charge in [-0.05, 0) is 25.7 Å². The zero-order chi connectivity index (χ0) is 17.6. The van der Waals surface area contributed by atoms with Crippen LogP contribution in [0.4, 0.5) is 0 Å². The van der Waals surface area contributed by atoms with Crippen LogP contribution in [0.15, 0.2) is 23.3 Å². The van der Waals surface area contributed by atoms with E-state index in [-0.39, 0.29) is 11.9 Å². The smallest absolute Gasteiger partial charge is 0.334 e. The lowest BCUT2D eigenvalue weighted by Gasteiger charge is -2.15. The maximum absolute atomic E-state index is 12.2. The van der Waals surface area contributed by atoms with Crippen LogP contribution in [0.25, 0.3) is 0 Å². The number of carbonyl (C=O) groups excluding carboxylic acids is 2. The maximum Gasteiger partial charge on any atom is 0.334 e. The van der Waals surface area contributed by atoms with Crippen molar-refractivity contribution in [3.05, 3.63) is 23.3 Å². The van der Waals surface area contributed by atoms with Gasteiger partial charge in [0.05, 0.1) is 24.4 Å². The van der Waals surface area contributed by atoms with Gasteiger partial charge in [-0.25, -0.2) is 9.59 Å². The summed E-state index contributed by atoms with van der Waals surface area (Å²) in [5, 5.41) is 0.